The van der Waals surface area contributed by atoms with Crippen molar-refractivity contribution in [2.24, 2.45) is 5.92 Å². The predicted molar refractivity (Wildman–Crippen MR) is 215 cm³/mol. The van der Waals surface area contributed by atoms with Crippen LogP contribution in [0.25, 0.3) is 0 Å². The molecule has 0 aliphatic rings. The molecule has 0 saturated carbocycles. The first-order valence-corrected chi connectivity index (χ1v) is 22.4. The van der Waals surface area contributed by atoms with Crippen molar-refractivity contribution in [2.75, 3.05) is 13.2 Å². The molecule has 0 fully saturated rings. The molecule has 1 atom stereocenters. The van der Waals surface area contributed by atoms with Gasteiger partial charge in [-0.15, -0.1) is 0 Å². The highest BCUT2D eigenvalue weighted by Crippen LogP contribution is 2.16. The van der Waals surface area contributed by atoms with Crippen LogP contribution in [0.3, 0.4) is 0 Å². The fourth-order valence-corrected chi connectivity index (χ4v) is 6.63. The van der Waals surface area contributed by atoms with E-state index in [1.807, 2.05) is 0 Å². The Hall–Kier alpha value is -1.59. The molecule has 0 amide bonds. The third-order valence-electron chi connectivity index (χ3n) is 10.0. The van der Waals surface area contributed by atoms with E-state index in [1.54, 1.807) is 0 Å². The van der Waals surface area contributed by atoms with Crippen LogP contribution in [0.1, 0.15) is 246 Å². The van der Waals surface area contributed by atoms with Gasteiger partial charge in [0.1, 0.15) is 13.2 Å². The second kappa shape index (κ2) is 39.6. The number of hydrogen-bond acceptors (Lipinski definition) is 6. The minimum Gasteiger partial charge on any atom is -0.462 e. The Balaban J connectivity index is 4.29. The van der Waals surface area contributed by atoms with Gasteiger partial charge in [-0.3, -0.25) is 14.4 Å². The third-order valence-corrected chi connectivity index (χ3v) is 10.0. The minimum absolute atomic E-state index is 0.0641. The molecule has 0 aromatic heterocycles. The Kier molecular flexibility index (Phi) is 38.4. The second-order valence-corrected chi connectivity index (χ2v) is 15.8. The van der Waals surface area contributed by atoms with Crippen LogP contribution in [0.2, 0.25) is 0 Å². The molecule has 302 valence electrons. The highest BCUT2D eigenvalue weighted by molar-refractivity contribution is 5.71. The van der Waals surface area contributed by atoms with Crippen LogP contribution in [0.5, 0.6) is 0 Å². The first kappa shape index (κ1) is 49.4. The highest BCUT2D eigenvalue weighted by Gasteiger charge is 2.19. The topological polar surface area (TPSA) is 78.9 Å². The minimum atomic E-state index is -0.758. The number of carbonyl (C=O) groups excluding carboxylic acids is 3. The van der Waals surface area contributed by atoms with Gasteiger partial charge in [0, 0.05) is 19.3 Å². The Morgan fingerprint density at radius 1 is 0.373 bits per heavy atom. The predicted octanol–water partition coefficient (Wildman–Crippen LogP) is 13.9. The van der Waals surface area contributed by atoms with Crippen molar-refractivity contribution in [3.63, 3.8) is 0 Å². The van der Waals surface area contributed by atoms with Gasteiger partial charge in [-0.05, 0) is 25.2 Å². The fraction of sp³-hybridized carbons (Fsp3) is 0.933. The molecule has 51 heavy (non-hydrogen) atoms. The van der Waals surface area contributed by atoms with Crippen molar-refractivity contribution in [3.8, 4) is 0 Å². The summed E-state index contributed by atoms with van der Waals surface area (Å²) < 4.78 is 16.7. The Morgan fingerprint density at radius 2 is 0.647 bits per heavy atom. The zero-order valence-corrected chi connectivity index (χ0v) is 34.6. The van der Waals surface area contributed by atoms with Crippen LogP contribution in [0.15, 0.2) is 0 Å². The summed E-state index contributed by atoms with van der Waals surface area (Å²) >= 11 is 0. The molecule has 6 heteroatoms. The Labute approximate surface area is 317 Å². The lowest BCUT2D eigenvalue weighted by molar-refractivity contribution is -0.167. The van der Waals surface area contributed by atoms with Gasteiger partial charge in [-0.2, -0.15) is 0 Å². The summed E-state index contributed by atoms with van der Waals surface area (Å²) in [6.07, 6.45) is 38.0. The average molecular weight is 723 g/mol. The first-order valence-electron chi connectivity index (χ1n) is 22.4. The van der Waals surface area contributed by atoms with Crippen LogP contribution in [0, 0.1) is 5.92 Å². The molecular formula is C45H86O6. The standard InChI is InChI=1S/C45H86O6/c1-5-7-9-11-13-15-21-24-28-32-36-43(46)49-39-42(51-45(48)38-34-30-26-19-14-12-10-8-6-2)40-50-44(47)37-33-29-25-22-18-16-17-20-23-27-31-35-41(3)4/h41-42H,5-40H2,1-4H3/t42-/m1/s1. The van der Waals surface area contributed by atoms with E-state index in [1.165, 1.54) is 141 Å². The van der Waals surface area contributed by atoms with Crippen molar-refractivity contribution in [1.29, 1.82) is 0 Å². The largest absolute Gasteiger partial charge is 0.462 e. The van der Waals surface area contributed by atoms with E-state index in [0.717, 1.165) is 63.7 Å². The molecule has 0 bridgehead atoms. The third kappa shape index (κ3) is 39.5. The van der Waals surface area contributed by atoms with Gasteiger partial charge >= 0.3 is 17.9 Å². The van der Waals surface area contributed by atoms with Crippen molar-refractivity contribution in [3.05, 3.63) is 0 Å². The molecule has 0 spiro atoms. The maximum absolute atomic E-state index is 12.6. The zero-order valence-electron chi connectivity index (χ0n) is 34.6. The number of ether oxygens (including phenoxy) is 3. The SMILES string of the molecule is CCCCCCCCCCCCC(=O)OC[C@H](COC(=O)CCCCCCCCCCCCCC(C)C)OC(=O)CCCCCCCCCCC. The number of rotatable bonds is 40. The summed E-state index contributed by atoms with van der Waals surface area (Å²) in [6, 6.07) is 0. The summed E-state index contributed by atoms with van der Waals surface area (Å²) in [4.78, 5) is 37.6. The number of carbonyl (C=O) groups is 3. The molecule has 0 aromatic carbocycles. The summed E-state index contributed by atoms with van der Waals surface area (Å²) in [5.74, 6) is -0.0321. The van der Waals surface area contributed by atoms with Gasteiger partial charge < -0.3 is 14.2 Å². The van der Waals surface area contributed by atoms with Gasteiger partial charge in [0.25, 0.3) is 0 Å². The van der Waals surface area contributed by atoms with E-state index in [2.05, 4.69) is 27.7 Å². The van der Waals surface area contributed by atoms with Crippen molar-refractivity contribution >= 4 is 17.9 Å². The first-order chi connectivity index (χ1) is 24.9. The van der Waals surface area contributed by atoms with Gasteiger partial charge in [-0.1, -0.05) is 207 Å². The van der Waals surface area contributed by atoms with Crippen LogP contribution < -0.4 is 0 Å². The van der Waals surface area contributed by atoms with E-state index < -0.39 is 6.10 Å². The Morgan fingerprint density at radius 3 is 0.961 bits per heavy atom. The number of hydrogen-bond donors (Lipinski definition) is 0. The number of unbranched alkanes of at least 4 members (excludes halogenated alkanes) is 27. The van der Waals surface area contributed by atoms with Crippen LogP contribution in [-0.4, -0.2) is 37.2 Å². The van der Waals surface area contributed by atoms with Gasteiger partial charge in [0.05, 0.1) is 0 Å². The van der Waals surface area contributed by atoms with Crippen molar-refractivity contribution < 1.29 is 28.6 Å². The van der Waals surface area contributed by atoms with E-state index in [4.69, 9.17) is 14.2 Å². The molecule has 0 radical (unpaired) electrons. The van der Waals surface area contributed by atoms with Crippen LogP contribution in [-0.2, 0) is 28.6 Å². The van der Waals surface area contributed by atoms with E-state index in [0.29, 0.717) is 19.3 Å². The molecule has 0 rings (SSSR count). The molecule has 6 nitrogen and oxygen atoms in total. The smallest absolute Gasteiger partial charge is 0.306 e. The lowest BCUT2D eigenvalue weighted by atomic mass is 10.0. The lowest BCUT2D eigenvalue weighted by Crippen LogP contribution is -2.30. The molecule has 0 heterocycles. The molecule has 0 aliphatic heterocycles. The average Bonchev–Trinajstić information content (AvgIpc) is 3.11. The summed E-state index contributed by atoms with van der Waals surface area (Å²) in [6.45, 7) is 8.96. The monoisotopic (exact) mass is 723 g/mol. The lowest BCUT2D eigenvalue weighted by Gasteiger charge is -2.18. The molecule has 0 aromatic rings. The molecule has 0 saturated heterocycles. The maximum Gasteiger partial charge on any atom is 0.306 e. The van der Waals surface area contributed by atoms with Crippen LogP contribution >= 0.6 is 0 Å². The second-order valence-electron chi connectivity index (χ2n) is 15.8. The van der Waals surface area contributed by atoms with Gasteiger partial charge in [-0.25, -0.2) is 0 Å². The number of esters is 3. The molecule has 0 N–H and O–H groups in total. The fourth-order valence-electron chi connectivity index (χ4n) is 6.63. The maximum atomic E-state index is 12.6. The molecular weight excluding hydrogens is 636 g/mol. The highest BCUT2D eigenvalue weighted by atomic mass is 16.6. The zero-order chi connectivity index (χ0) is 37.5. The van der Waals surface area contributed by atoms with Gasteiger partial charge in [0.2, 0.25) is 0 Å². The molecule has 0 aliphatic carbocycles. The summed E-state index contributed by atoms with van der Waals surface area (Å²) in [7, 11) is 0. The quantitative estimate of drug-likeness (QED) is 0.0356. The van der Waals surface area contributed by atoms with E-state index in [-0.39, 0.29) is 31.1 Å². The normalized spacial score (nSPS) is 11.9. The van der Waals surface area contributed by atoms with Crippen molar-refractivity contribution in [2.45, 2.75) is 252 Å². The van der Waals surface area contributed by atoms with Crippen molar-refractivity contribution in [1.82, 2.24) is 0 Å². The van der Waals surface area contributed by atoms with Gasteiger partial charge in [0.15, 0.2) is 6.10 Å². The summed E-state index contributed by atoms with van der Waals surface area (Å²) in [5, 5.41) is 0. The van der Waals surface area contributed by atoms with E-state index in [9.17, 15) is 14.4 Å². The van der Waals surface area contributed by atoms with Crippen LogP contribution in [0.4, 0.5) is 0 Å². The molecule has 0 unspecified atom stereocenters. The Bertz CT molecular complexity index is 766. The summed E-state index contributed by atoms with van der Waals surface area (Å²) in [5.41, 5.74) is 0. The van der Waals surface area contributed by atoms with E-state index >= 15 is 0 Å².